The Morgan fingerprint density at radius 3 is 2.87 bits per heavy atom. The second-order valence-corrected chi connectivity index (χ2v) is 8.24. The van der Waals surface area contributed by atoms with E-state index >= 15 is 0 Å². The number of benzene rings is 1. The summed E-state index contributed by atoms with van der Waals surface area (Å²) in [5, 5.41) is 4.26. The zero-order valence-corrected chi connectivity index (χ0v) is 17.7. The molecule has 1 saturated heterocycles. The topological polar surface area (TPSA) is 80.9 Å². The Bertz CT molecular complexity index is 1350. The Balaban J connectivity index is 1.57. The van der Waals surface area contributed by atoms with Crippen LogP contribution in [0.4, 0.5) is 16.0 Å². The highest BCUT2D eigenvalue weighted by Gasteiger charge is 2.32. The number of anilines is 2. The minimum Gasteiger partial charge on any atom is -0.324 e. The van der Waals surface area contributed by atoms with Gasteiger partial charge in [0.25, 0.3) is 0 Å². The van der Waals surface area contributed by atoms with Crippen molar-refractivity contribution >= 4 is 33.7 Å². The number of likely N-dealkylation sites (tertiary alicyclic amines) is 1. The number of halogens is 1. The molecular formula is C22H24FN7O. The van der Waals surface area contributed by atoms with Crippen molar-refractivity contribution in [3.8, 4) is 0 Å². The standard InChI is InChI=1S/C22H24FN7O/c1-13-9-17-14(5-4-7-24-17)10-16(13)26-21-25-11-19-20(27-21)30(22(31)29(19)3)18-6-8-28(2)12-15(18)23/h4-5,7,9-11,15,18H,6,8,12H2,1-3H3,(H,25,26,27)/t15-,18+/m0/s1. The normalized spacial score (nSPS) is 19.9. The van der Waals surface area contributed by atoms with Gasteiger partial charge in [0, 0.05) is 37.4 Å². The largest absolute Gasteiger partial charge is 0.330 e. The highest BCUT2D eigenvalue weighted by atomic mass is 19.1. The SMILES string of the molecule is Cc1cc2ncccc2cc1Nc1ncc2c(n1)n([C@@H]1CCN(C)C[C@@H]1F)c(=O)n2C. The van der Waals surface area contributed by atoms with Crippen LogP contribution in [0, 0.1) is 6.92 Å². The first-order chi connectivity index (χ1) is 14.9. The molecule has 0 bridgehead atoms. The van der Waals surface area contributed by atoms with Crippen LogP contribution in [0.25, 0.3) is 22.1 Å². The molecule has 3 aromatic heterocycles. The summed E-state index contributed by atoms with van der Waals surface area (Å²) in [5.74, 6) is 0.363. The molecule has 0 saturated carbocycles. The van der Waals surface area contributed by atoms with E-state index < -0.39 is 12.2 Å². The second-order valence-electron chi connectivity index (χ2n) is 8.24. The van der Waals surface area contributed by atoms with Gasteiger partial charge in [0.05, 0.1) is 17.8 Å². The van der Waals surface area contributed by atoms with Crippen LogP contribution in [0.15, 0.2) is 41.5 Å². The molecule has 8 nitrogen and oxygen atoms in total. The van der Waals surface area contributed by atoms with Crippen LogP contribution in [0.3, 0.4) is 0 Å². The maximum absolute atomic E-state index is 14.9. The molecule has 160 valence electrons. The monoisotopic (exact) mass is 421 g/mol. The molecule has 1 aliphatic heterocycles. The van der Waals surface area contributed by atoms with Crippen LogP contribution in [0.5, 0.6) is 0 Å². The second kappa shape index (κ2) is 7.42. The van der Waals surface area contributed by atoms with Crippen molar-refractivity contribution in [3.63, 3.8) is 0 Å². The molecule has 5 rings (SSSR count). The van der Waals surface area contributed by atoms with Gasteiger partial charge in [-0.25, -0.2) is 14.2 Å². The summed E-state index contributed by atoms with van der Waals surface area (Å²) in [6, 6.07) is 7.34. The number of nitrogens with zero attached hydrogens (tertiary/aromatic N) is 6. The molecule has 9 heteroatoms. The van der Waals surface area contributed by atoms with Gasteiger partial charge in [0.2, 0.25) is 5.95 Å². The molecule has 2 atom stereocenters. The van der Waals surface area contributed by atoms with Crippen LogP contribution in [-0.2, 0) is 7.05 Å². The predicted molar refractivity (Wildman–Crippen MR) is 119 cm³/mol. The van der Waals surface area contributed by atoms with Crippen molar-refractivity contribution in [2.24, 2.45) is 7.05 Å². The van der Waals surface area contributed by atoms with E-state index in [-0.39, 0.29) is 5.69 Å². The Labute approximate surface area is 178 Å². The van der Waals surface area contributed by atoms with Crippen molar-refractivity contribution in [2.75, 3.05) is 25.5 Å². The fourth-order valence-corrected chi connectivity index (χ4v) is 4.31. The summed E-state index contributed by atoms with van der Waals surface area (Å²) in [6.07, 6.45) is 2.80. The lowest BCUT2D eigenvalue weighted by Gasteiger charge is -2.32. The lowest BCUT2D eigenvalue weighted by molar-refractivity contribution is 0.107. The summed E-state index contributed by atoms with van der Waals surface area (Å²) in [5.41, 5.74) is 3.52. The number of hydrogen-bond acceptors (Lipinski definition) is 6. The van der Waals surface area contributed by atoms with E-state index in [0.29, 0.717) is 30.1 Å². The third-order valence-electron chi connectivity index (χ3n) is 6.07. The smallest absolute Gasteiger partial charge is 0.324 e. The van der Waals surface area contributed by atoms with Crippen LogP contribution in [0.2, 0.25) is 0 Å². The number of nitrogens with one attached hydrogen (secondary N) is 1. The molecule has 1 fully saturated rings. The van der Waals surface area contributed by atoms with Gasteiger partial charge in [-0.05, 0) is 44.2 Å². The zero-order chi connectivity index (χ0) is 21.7. The van der Waals surface area contributed by atoms with Gasteiger partial charge in [0.1, 0.15) is 11.7 Å². The van der Waals surface area contributed by atoms with Gasteiger partial charge in [-0.3, -0.25) is 14.1 Å². The first kappa shape index (κ1) is 19.6. The van der Waals surface area contributed by atoms with Crippen molar-refractivity contribution < 1.29 is 4.39 Å². The third kappa shape index (κ3) is 3.34. The maximum atomic E-state index is 14.9. The lowest BCUT2D eigenvalue weighted by Crippen LogP contribution is -2.43. The summed E-state index contributed by atoms with van der Waals surface area (Å²) in [6.45, 7) is 3.02. The molecule has 0 spiro atoms. The predicted octanol–water partition coefficient (Wildman–Crippen LogP) is 2.94. The van der Waals surface area contributed by atoms with Gasteiger partial charge < -0.3 is 10.2 Å². The number of aromatic nitrogens is 5. The fourth-order valence-electron chi connectivity index (χ4n) is 4.31. The van der Waals surface area contributed by atoms with E-state index in [1.807, 2.05) is 43.1 Å². The molecule has 0 amide bonds. The minimum absolute atomic E-state index is 0.272. The number of rotatable bonds is 3. The van der Waals surface area contributed by atoms with Gasteiger partial charge in [-0.15, -0.1) is 0 Å². The van der Waals surface area contributed by atoms with E-state index in [0.717, 1.165) is 28.7 Å². The van der Waals surface area contributed by atoms with E-state index in [2.05, 4.69) is 20.3 Å². The molecule has 31 heavy (non-hydrogen) atoms. The minimum atomic E-state index is -1.14. The Morgan fingerprint density at radius 1 is 1.23 bits per heavy atom. The Hall–Kier alpha value is -3.33. The molecule has 4 aromatic rings. The molecule has 1 N–H and O–H groups in total. The quantitative estimate of drug-likeness (QED) is 0.548. The van der Waals surface area contributed by atoms with E-state index in [4.69, 9.17) is 0 Å². The molecular weight excluding hydrogens is 397 g/mol. The highest BCUT2D eigenvalue weighted by Crippen LogP contribution is 2.28. The number of alkyl halides is 1. The third-order valence-corrected chi connectivity index (χ3v) is 6.07. The number of imidazole rings is 1. The summed E-state index contributed by atoms with van der Waals surface area (Å²) < 4.78 is 17.9. The average Bonchev–Trinajstić information content (AvgIpc) is 2.99. The molecule has 4 heterocycles. The Morgan fingerprint density at radius 2 is 2.06 bits per heavy atom. The van der Waals surface area contributed by atoms with Crippen LogP contribution >= 0.6 is 0 Å². The maximum Gasteiger partial charge on any atom is 0.330 e. The van der Waals surface area contributed by atoms with Gasteiger partial charge in [-0.2, -0.15) is 4.98 Å². The van der Waals surface area contributed by atoms with Crippen LogP contribution in [0.1, 0.15) is 18.0 Å². The zero-order valence-electron chi connectivity index (χ0n) is 17.7. The van der Waals surface area contributed by atoms with Gasteiger partial charge >= 0.3 is 5.69 Å². The number of fused-ring (bicyclic) bond motifs is 2. The molecule has 0 radical (unpaired) electrons. The van der Waals surface area contributed by atoms with Crippen LogP contribution in [-0.4, -0.2) is 55.3 Å². The Kier molecular flexibility index (Phi) is 4.70. The lowest BCUT2D eigenvalue weighted by atomic mass is 10.0. The van der Waals surface area contributed by atoms with Crippen molar-refractivity contribution in [3.05, 3.63) is 52.7 Å². The average molecular weight is 421 g/mol. The summed E-state index contributed by atoms with van der Waals surface area (Å²) >= 11 is 0. The number of aryl methyl sites for hydroxylation is 2. The number of hydrogen-bond donors (Lipinski definition) is 1. The van der Waals surface area contributed by atoms with Gasteiger partial charge in [-0.1, -0.05) is 6.07 Å². The van der Waals surface area contributed by atoms with Gasteiger partial charge in [0.15, 0.2) is 5.65 Å². The van der Waals surface area contributed by atoms with E-state index in [9.17, 15) is 9.18 Å². The number of piperidine rings is 1. The van der Waals surface area contributed by atoms with Crippen LogP contribution < -0.4 is 11.0 Å². The highest BCUT2D eigenvalue weighted by molar-refractivity contribution is 5.85. The van der Waals surface area contributed by atoms with Crippen molar-refractivity contribution in [1.82, 2.24) is 29.0 Å². The first-order valence-corrected chi connectivity index (χ1v) is 10.3. The molecule has 0 unspecified atom stereocenters. The summed E-state index contributed by atoms with van der Waals surface area (Å²) in [7, 11) is 3.56. The molecule has 0 aliphatic carbocycles. The van der Waals surface area contributed by atoms with E-state index in [1.165, 1.54) is 9.13 Å². The van der Waals surface area contributed by atoms with Crippen molar-refractivity contribution in [2.45, 2.75) is 25.6 Å². The number of pyridine rings is 1. The summed E-state index contributed by atoms with van der Waals surface area (Å²) in [4.78, 5) is 28.3. The first-order valence-electron chi connectivity index (χ1n) is 10.3. The molecule has 1 aliphatic rings. The fraction of sp³-hybridized carbons (Fsp3) is 0.364. The van der Waals surface area contributed by atoms with E-state index in [1.54, 1.807) is 19.4 Å². The van der Waals surface area contributed by atoms with Crippen molar-refractivity contribution in [1.29, 1.82) is 0 Å². The molecule has 1 aromatic carbocycles.